The molecule has 0 radical (unpaired) electrons. The highest BCUT2D eigenvalue weighted by molar-refractivity contribution is 6.24. The largest absolute Gasteiger partial charge is 0.493 e. The van der Waals surface area contributed by atoms with Gasteiger partial charge in [-0.05, 0) is 81.3 Å². The van der Waals surface area contributed by atoms with Crippen LogP contribution in [0.1, 0.15) is 50.5 Å². The number of allylic oxidation sites excluding steroid dienone is 2. The van der Waals surface area contributed by atoms with Crippen molar-refractivity contribution in [3.63, 3.8) is 0 Å². The first-order chi connectivity index (χ1) is 20.6. The Morgan fingerprint density at radius 1 is 0.810 bits per heavy atom. The molecule has 0 amide bonds. The lowest BCUT2D eigenvalue weighted by atomic mass is 9.78. The van der Waals surface area contributed by atoms with Gasteiger partial charge in [0.05, 0.1) is 32.8 Å². The summed E-state index contributed by atoms with van der Waals surface area (Å²) in [6, 6.07) is 34.8. The summed E-state index contributed by atoms with van der Waals surface area (Å²) in [7, 11) is 3.41. The van der Waals surface area contributed by atoms with Crippen LogP contribution in [0.15, 0.2) is 114 Å². The van der Waals surface area contributed by atoms with E-state index in [1.165, 1.54) is 55.7 Å². The summed E-state index contributed by atoms with van der Waals surface area (Å²) in [5.41, 5.74) is 13.3. The van der Waals surface area contributed by atoms with E-state index in [2.05, 4.69) is 115 Å². The lowest BCUT2D eigenvalue weighted by Crippen LogP contribution is -2.34. The third kappa shape index (κ3) is 4.54. The highest BCUT2D eigenvalue weighted by Crippen LogP contribution is 2.54. The fourth-order valence-corrected chi connectivity index (χ4v) is 6.46. The number of ether oxygens (including phenoxy) is 2. The van der Waals surface area contributed by atoms with Gasteiger partial charge in [-0.15, -0.1) is 0 Å². The Balaban J connectivity index is 1.57. The number of nitrogens with zero attached hydrogens (tertiary/aromatic N) is 1. The van der Waals surface area contributed by atoms with E-state index in [-0.39, 0.29) is 6.04 Å². The molecule has 5 aromatic rings. The van der Waals surface area contributed by atoms with Crippen molar-refractivity contribution >= 4 is 22.8 Å². The molecule has 42 heavy (non-hydrogen) atoms. The average Bonchev–Trinajstić information content (AvgIpc) is 3.69. The van der Waals surface area contributed by atoms with E-state index in [0.29, 0.717) is 0 Å². The molecular formula is C38H33NO3. The number of rotatable bonds is 6. The number of fused-ring (bicyclic) bond motifs is 2. The lowest BCUT2D eigenvalue weighted by molar-refractivity contribution is 0.211. The smallest absolute Gasteiger partial charge is 0.161 e. The molecule has 0 saturated heterocycles. The van der Waals surface area contributed by atoms with Crippen LogP contribution in [0.4, 0.5) is 0 Å². The normalized spacial score (nSPS) is 17.9. The van der Waals surface area contributed by atoms with Gasteiger partial charge in [-0.1, -0.05) is 84.4 Å². The van der Waals surface area contributed by atoms with Crippen LogP contribution in [0.5, 0.6) is 11.5 Å². The molecule has 2 heterocycles. The Hall–Kier alpha value is -4.80. The van der Waals surface area contributed by atoms with E-state index in [0.717, 1.165) is 30.2 Å². The number of methoxy groups -OCH3 is 2. The molecule has 4 heteroatoms. The highest BCUT2D eigenvalue weighted by Gasteiger charge is 2.37. The fraction of sp³-hybridized carbons (Fsp3) is 0.158. The molecule has 0 spiro atoms. The second-order valence-corrected chi connectivity index (χ2v) is 11.0. The zero-order valence-electron chi connectivity index (χ0n) is 24.1. The van der Waals surface area contributed by atoms with Crippen molar-refractivity contribution in [1.82, 2.24) is 4.90 Å². The molecule has 4 aromatic carbocycles. The third-order valence-electron chi connectivity index (χ3n) is 8.43. The monoisotopic (exact) mass is 551 g/mol. The van der Waals surface area contributed by atoms with Crippen LogP contribution in [-0.2, 0) is 13.1 Å². The molecule has 1 aliphatic carbocycles. The predicted octanol–water partition coefficient (Wildman–Crippen LogP) is 8.83. The van der Waals surface area contributed by atoms with Crippen molar-refractivity contribution in [2.75, 3.05) is 14.2 Å². The number of furan rings is 1. The maximum atomic E-state index is 5.87. The average molecular weight is 552 g/mol. The quantitative estimate of drug-likeness (QED) is 0.211. The van der Waals surface area contributed by atoms with Crippen molar-refractivity contribution in [1.29, 1.82) is 0 Å². The Bertz CT molecular complexity index is 1800. The minimum absolute atomic E-state index is 0.00661. The van der Waals surface area contributed by atoms with Gasteiger partial charge in [-0.3, -0.25) is 4.90 Å². The standard InChI is InChI=1S/C38H33NO3/c1-25-13-15-27(16-14-25)38-37(36-31-12-8-7-11-28(31)19-32(36)29-17-18-42-24-29)33-21-35(41-3)34(40-2)20-30(33)23-39(38)22-26-9-5-4-6-10-26/h4-21,24,38H,22-23H2,1-3H3/b37-36-. The zero-order chi connectivity index (χ0) is 28.6. The van der Waals surface area contributed by atoms with Gasteiger partial charge in [0, 0.05) is 18.7 Å². The van der Waals surface area contributed by atoms with Gasteiger partial charge in [0.25, 0.3) is 0 Å². The summed E-state index contributed by atoms with van der Waals surface area (Å²) in [5, 5.41) is 0. The Kier molecular flexibility index (Phi) is 6.77. The van der Waals surface area contributed by atoms with Crippen molar-refractivity contribution in [2.24, 2.45) is 0 Å². The molecule has 208 valence electrons. The van der Waals surface area contributed by atoms with Crippen LogP contribution in [0.3, 0.4) is 0 Å². The molecule has 0 saturated carbocycles. The van der Waals surface area contributed by atoms with Gasteiger partial charge in [0.15, 0.2) is 11.5 Å². The van der Waals surface area contributed by atoms with Crippen molar-refractivity contribution < 1.29 is 13.9 Å². The summed E-state index contributed by atoms with van der Waals surface area (Å²) in [5.74, 6) is 1.47. The molecule has 1 aromatic heterocycles. The third-order valence-corrected chi connectivity index (χ3v) is 8.43. The van der Waals surface area contributed by atoms with Crippen LogP contribution in [0.2, 0.25) is 0 Å². The highest BCUT2D eigenvalue weighted by atomic mass is 16.5. The SMILES string of the molecule is COc1cc2c(cc1OC)/C(=C1/C(c3ccoc3)=Cc3ccccc31)C(c1ccc(C)cc1)N(Cc1ccccc1)C2. The number of benzene rings is 4. The lowest BCUT2D eigenvalue weighted by Gasteiger charge is -2.41. The van der Waals surface area contributed by atoms with Crippen LogP contribution < -0.4 is 9.47 Å². The zero-order valence-corrected chi connectivity index (χ0v) is 24.1. The van der Waals surface area contributed by atoms with E-state index in [1.807, 2.05) is 6.26 Å². The van der Waals surface area contributed by atoms with E-state index < -0.39 is 0 Å². The van der Waals surface area contributed by atoms with Gasteiger partial charge in [-0.2, -0.15) is 0 Å². The molecular weight excluding hydrogens is 518 g/mol. The molecule has 0 fully saturated rings. The fourth-order valence-electron chi connectivity index (χ4n) is 6.46. The topological polar surface area (TPSA) is 34.8 Å². The minimum Gasteiger partial charge on any atom is -0.493 e. The second-order valence-electron chi connectivity index (χ2n) is 11.0. The van der Waals surface area contributed by atoms with E-state index in [4.69, 9.17) is 13.9 Å². The summed E-state index contributed by atoms with van der Waals surface area (Å²) in [6.07, 6.45) is 5.90. The number of hydrogen-bond donors (Lipinski definition) is 0. The van der Waals surface area contributed by atoms with Crippen LogP contribution >= 0.6 is 0 Å². The maximum absolute atomic E-state index is 5.87. The van der Waals surface area contributed by atoms with E-state index in [9.17, 15) is 0 Å². The minimum atomic E-state index is -0.00661. The Morgan fingerprint density at radius 3 is 2.29 bits per heavy atom. The molecule has 0 bridgehead atoms. The maximum Gasteiger partial charge on any atom is 0.161 e. The Morgan fingerprint density at radius 2 is 1.55 bits per heavy atom. The second kappa shape index (κ2) is 10.9. The van der Waals surface area contributed by atoms with Crippen molar-refractivity contribution in [2.45, 2.75) is 26.1 Å². The van der Waals surface area contributed by atoms with Gasteiger partial charge >= 0.3 is 0 Å². The van der Waals surface area contributed by atoms with Gasteiger partial charge in [0.2, 0.25) is 0 Å². The first kappa shape index (κ1) is 26.1. The molecule has 2 aliphatic rings. The molecule has 7 rings (SSSR count). The summed E-state index contributed by atoms with van der Waals surface area (Å²) in [4.78, 5) is 2.59. The van der Waals surface area contributed by atoms with Crippen LogP contribution in [0, 0.1) is 6.92 Å². The molecule has 1 aliphatic heterocycles. The molecule has 1 unspecified atom stereocenters. The van der Waals surface area contributed by atoms with E-state index in [1.54, 1.807) is 20.5 Å². The van der Waals surface area contributed by atoms with Crippen molar-refractivity contribution in [3.05, 3.63) is 154 Å². The van der Waals surface area contributed by atoms with Crippen LogP contribution in [-0.4, -0.2) is 19.1 Å². The molecule has 0 N–H and O–H groups in total. The summed E-state index contributed by atoms with van der Waals surface area (Å²) in [6.45, 7) is 3.72. The first-order valence-electron chi connectivity index (χ1n) is 14.3. The number of aryl methyl sites for hydroxylation is 1. The summed E-state index contributed by atoms with van der Waals surface area (Å²) >= 11 is 0. The van der Waals surface area contributed by atoms with Gasteiger partial charge < -0.3 is 13.9 Å². The van der Waals surface area contributed by atoms with E-state index >= 15 is 0 Å². The predicted molar refractivity (Wildman–Crippen MR) is 169 cm³/mol. The number of hydrogen-bond acceptors (Lipinski definition) is 4. The van der Waals surface area contributed by atoms with Gasteiger partial charge in [-0.25, -0.2) is 0 Å². The molecule has 1 atom stereocenters. The van der Waals surface area contributed by atoms with Crippen molar-refractivity contribution in [3.8, 4) is 11.5 Å². The van der Waals surface area contributed by atoms with Gasteiger partial charge in [0.1, 0.15) is 0 Å². The Labute approximate surface area is 247 Å². The summed E-state index contributed by atoms with van der Waals surface area (Å²) < 4.78 is 17.3. The van der Waals surface area contributed by atoms with Crippen LogP contribution in [0.25, 0.3) is 22.8 Å². The first-order valence-corrected chi connectivity index (χ1v) is 14.3. The molecule has 4 nitrogen and oxygen atoms in total.